The first kappa shape index (κ1) is 34.3. The molecule has 0 aliphatic heterocycles. The molecule has 221 valence electrons. The fourth-order valence-corrected chi connectivity index (χ4v) is 5.57. The molecule has 4 nitrogen and oxygen atoms in total. The van der Waals surface area contributed by atoms with Gasteiger partial charge in [0.1, 0.15) is 5.82 Å². The summed E-state index contributed by atoms with van der Waals surface area (Å²) in [6, 6.07) is 16.5. The molecule has 41 heavy (non-hydrogen) atoms. The Kier molecular flexibility index (Phi) is 12.9. The van der Waals surface area contributed by atoms with Gasteiger partial charge in [0.2, 0.25) is 0 Å². The van der Waals surface area contributed by atoms with Crippen molar-refractivity contribution in [1.82, 2.24) is 9.97 Å². The van der Waals surface area contributed by atoms with Gasteiger partial charge in [-0.2, -0.15) is 0 Å². The molecule has 0 saturated heterocycles. The normalized spacial score (nSPS) is 11.5. The van der Waals surface area contributed by atoms with Gasteiger partial charge in [-0.1, -0.05) is 71.4 Å². The van der Waals surface area contributed by atoms with Crippen LogP contribution >= 0.6 is 0 Å². The van der Waals surface area contributed by atoms with Gasteiger partial charge in [-0.15, -0.1) is 34.9 Å². The zero-order valence-electron chi connectivity index (χ0n) is 26.1. The number of carbonyl (C=O) groups is 1. The summed E-state index contributed by atoms with van der Waals surface area (Å²) < 4.78 is 0. The van der Waals surface area contributed by atoms with Crippen LogP contribution < -0.4 is 0 Å². The summed E-state index contributed by atoms with van der Waals surface area (Å²) >= 11 is 0. The summed E-state index contributed by atoms with van der Waals surface area (Å²) in [6.07, 6.45) is 4.91. The van der Waals surface area contributed by atoms with Gasteiger partial charge in [0.25, 0.3) is 0 Å². The Balaban J connectivity index is 0.000000320. The molecule has 0 fully saturated rings. The van der Waals surface area contributed by atoms with Crippen LogP contribution in [0.2, 0.25) is 0 Å². The Bertz CT molecular complexity index is 1510. The molecule has 4 rings (SSSR count). The van der Waals surface area contributed by atoms with Gasteiger partial charge in [-0.25, -0.2) is 4.98 Å². The molecule has 0 unspecified atom stereocenters. The van der Waals surface area contributed by atoms with Crippen molar-refractivity contribution in [3.05, 3.63) is 82.4 Å². The molecule has 0 aliphatic rings. The van der Waals surface area contributed by atoms with E-state index < -0.39 is 0 Å². The fraction of sp³-hybridized carbons (Fsp3) is 0.417. The van der Waals surface area contributed by atoms with E-state index in [4.69, 9.17) is 9.97 Å². The number of nitrogens with zero attached hydrogens (tertiary/aromatic N) is 2. The molecule has 0 spiro atoms. The molecule has 0 saturated carbocycles. The van der Waals surface area contributed by atoms with Crippen LogP contribution in [0.15, 0.2) is 48.2 Å². The van der Waals surface area contributed by atoms with Crippen LogP contribution in [-0.4, -0.2) is 20.9 Å². The number of rotatable bonds is 8. The van der Waals surface area contributed by atoms with Crippen LogP contribution in [0.4, 0.5) is 0 Å². The summed E-state index contributed by atoms with van der Waals surface area (Å²) in [5, 5.41) is 13.3. The van der Waals surface area contributed by atoms with Crippen molar-refractivity contribution >= 4 is 27.5 Å². The molecule has 4 aromatic rings. The number of hydrogen-bond donors (Lipinski definition) is 1. The van der Waals surface area contributed by atoms with E-state index in [0.717, 1.165) is 59.2 Å². The average molecular weight is 730 g/mol. The summed E-state index contributed by atoms with van der Waals surface area (Å²) in [7, 11) is 0. The number of aliphatic hydroxyl groups excluding tert-OH is 1. The van der Waals surface area contributed by atoms with E-state index in [9.17, 15) is 9.90 Å². The van der Waals surface area contributed by atoms with Gasteiger partial charge in [0.05, 0.1) is 11.3 Å². The largest absolute Gasteiger partial charge is 0.512 e. The third kappa shape index (κ3) is 8.33. The molecular formula is C36H45IrN2O2-. The van der Waals surface area contributed by atoms with E-state index in [-0.39, 0.29) is 43.5 Å². The van der Waals surface area contributed by atoms with Crippen LogP contribution in [0.5, 0.6) is 0 Å². The van der Waals surface area contributed by atoms with Crippen LogP contribution in [0, 0.1) is 52.5 Å². The Morgan fingerprint density at radius 2 is 1.46 bits per heavy atom. The summed E-state index contributed by atoms with van der Waals surface area (Å²) in [6.45, 7) is 18.5. The minimum absolute atomic E-state index is 0. The number of aryl methyl sites for hydroxylation is 5. The molecule has 3 aromatic carbocycles. The third-order valence-electron chi connectivity index (χ3n) is 7.72. The minimum atomic E-state index is 0. The van der Waals surface area contributed by atoms with E-state index in [1.54, 1.807) is 0 Å². The van der Waals surface area contributed by atoms with E-state index in [2.05, 4.69) is 70.2 Å². The first-order chi connectivity index (χ1) is 19.0. The van der Waals surface area contributed by atoms with E-state index in [1.807, 2.05) is 34.6 Å². The van der Waals surface area contributed by atoms with Crippen LogP contribution in [0.3, 0.4) is 0 Å². The number of aromatic nitrogens is 2. The summed E-state index contributed by atoms with van der Waals surface area (Å²) in [5.41, 5.74) is 7.93. The summed E-state index contributed by atoms with van der Waals surface area (Å²) in [4.78, 5) is 21.3. The number of allylic oxidation sites excluding steroid dienone is 2. The van der Waals surface area contributed by atoms with Crippen molar-refractivity contribution in [3.8, 4) is 11.3 Å². The first-order valence-corrected chi connectivity index (χ1v) is 14.7. The average Bonchev–Trinajstić information content (AvgIpc) is 2.88. The van der Waals surface area contributed by atoms with Gasteiger partial charge in [0.15, 0.2) is 5.78 Å². The number of hydrogen-bond acceptors (Lipinski definition) is 4. The number of aliphatic hydroxyl groups is 1. The monoisotopic (exact) mass is 730 g/mol. The summed E-state index contributed by atoms with van der Waals surface area (Å²) in [5.74, 6) is 1.34. The molecule has 1 N–H and O–H groups in total. The van der Waals surface area contributed by atoms with Crippen LogP contribution in [0.25, 0.3) is 32.9 Å². The van der Waals surface area contributed by atoms with Gasteiger partial charge in [-0.3, -0.25) is 9.78 Å². The van der Waals surface area contributed by atoms with Crippen molar-refractivity contribution in [1.29, 1.82) is 0 Å². The van der Waals surface area contributed by atoms with Crippen LogP contribution in [0.1, 0.15) is 81.5 Å². The Hall–Kier alpha value is -2.88. The second-order valence-corrected chi connectivity index (χ2v) is 11.0. The van der Waals surface area contributed by atoms with Crippen LogP contribution in [-0.2, 0) is 24.9 Å². The fourth-order valence-electron chi connectivity index (χ4n) is 5.57. The van der Waals surface area contributed by atoms with Gasteiger partial charge in [0, 0.05) is 43.4 Å². The number of ketones is 1. The number of benzene rings is 3. The molecule has 0 atom stereocenters. The van der Waals surface area contributed by atoms with Gasteiger partial charge >= 0.3 is 0 Å². The zero-order chi connectivity index (χ0) is 29.6. The molecule has 5 heteroatoms. The Labute approximate surface area is 260 Å². The van der Waals surface area contributed by atoms with Gasteiger partial charge in [-0.05, 0) is 68.5 Å². The predicted octanol–water partition coefficient (Wildman–Crippen LogP) is 9.66. The zero-order valence-corrected chi connectivity index (χ0v) is 28.5. The Morgan fingerprint density at radius 3 is 2.05 bits per heavy atom. The minimum Gasteiger partial charge on any atom is -0.512 e. The van der Waals surface area contributed by atoms with Crippen molar-refractivity contribution in [2.45, 2.75) is 88.0 Å². The van der Waals surface area contributed by atoms with E-state index >= 15 is 0 Å². The molecule has 0 bridgehead atoms. The molecule has 0 amide bonds. The van der Waals surface area contributed by atoms with Gasteiger partial charge < -0.3 is 5.11 Å². The van der Waals surface area contributed by atoms with E-state index in [0.29, 0.717) is 0 Å². The van der Waals surface area contributed by atoms with Crippen molar-refractivity contribution in [2.75, 3.05) is 0 Å². The molecule has 1 aromatic heterocycles. The molecule has 1 heterocycles. The SMILES string of the molecule is CCC(CC)C(=O)/C=C(\O)C(CC)CC.Cc1[c-]c(-c2nc(C)nc3c2ccc2cc(C)cc(C)c23)cc(C)c1.[Ir]. The number of fused-ring (bicyclic) bond motifs is 3. The maximum Gasteiger partial charge on any atom is 0.162 e. The maximum atomic E-state index is 11.7. The molecule has 0 aliphatic carbocycles. The first-order valence-electron chi connectivity index (χ1n) is 14.7. The van der Waals surface area contributed by atoms with Crippen molar-refractivity contribution in [3.63, 3.8) is 0 Å². The Morgan fingerprint density at radius 1 is 0.854 bits per heavy atom. The van der Waals surface area contributed by atoms with E-state index in [1.165, 1.54) is 33.5 Å². The maximum absolute atomic E-state index is 11.7. The standard InChI is InChI=1S/C23H21N2.C13H24O2.Ir/c1-13-8-14(2)12-19(11-13)22-20-7-6-18-10-15(3)9-16(4)21(18)23(20)25-17(5)24-22;1-5-10(6-2)12(14)9-13(15)11(7-3)8-4;/h6-11H,1-5H3;9-11,14H,5-8H2,1-4H3;/q-1;;/b;12-9-;. The molecular weight excluding hydrogens is 685 g/mol. The van der Waals surface area contributed by atoms with Crippen molar-refractivity contribution < 1.29 is 30.0 Å². The second kappa shape index (κ2) is 15.4. The predicted molar refractivity (Wildman–Crippen MR) is 169 cm³/mol. The smallest absolute Gasteiger partial charge is 0.162 e. The molecule has 1 radical (unpaired) electrons. The topological polar surface area (TPSA) is 63.1 Å². The van der Waals surface area contributed by atoms with Crippen molar-refractivity contribution in [2.24, 2.45) is 11.8 Å². The second-order valence-electron chi connectivity index (χ2n) is 11.0. The number of carbonyl (C=O) groups excluding carboxylic acids is 1. The quantitative estimate of drug-likeness (QED) is 0.0850. The third-order valence-corrected chi connectivity index (χ3v) is 7.72.